The van der Waals surface area contributed by atoms with Crippen molar-refractivity contribution < 1.29 is 18.0 Å². The number of likely N-dealkylation sites (tertiary alicyclic amines) is 1. The summed E-state index contributed by atoms with van der Waals surface area (Å²) in [4.78, 5) is 13.9. The van der Waals surface area contributed by atoms with E-state index in [1.807, 2.05) is 18.7 Å². The van der Waals surface area contributed by atoms with Gasteiger partial charge in [0.25, 0.3) is 0 Å². The predicted octanol–water partition coefficient (Wildman–Crippen LogP) is 4.09. The van der Waals surface area contributed by atoms with Crippen LogP contribution >= 0.6 is 0 Å². The van der Waals surface area contributed by atoms with Gasteiger partial charge in [0.05, 0.1) is 5.69 Å². The molecule has 1 saturated heterocycles. The molecule has 0 aliphatic carbocycles. The molecule has 1 N–H and O–H groups in total. The lowest BCUT2D eigenvalue weighted by molar-refractivity contribution is -0.173. The van der Waals surface area contributed by atoms with E-state index in [2.05, 4.69) is 10.4 Å². The van der Waals surface area contributed by atoms with Gasteiger partial charge in [-0.2, -0.15) is 18.3 Å². The number of rotatable bonds is 4. The molecule has 0 bridgehead atoms. The summed E-state index contributed by atoms with van der Waals surface area (Å²) in [5.74, 6) is 0.735. The summed E-state index contributed by atoms with van der Waals surface area (Å²) in [6.07, 6.45) is -0.763. The second kappa shape index (κ2) is 7.48. The maximum absolute atomic E-state index is 13.5. The fraction of sp³-hybridized carbons (Fsp3) is 0.778. The van der Waals surface area contributed by atoms with Crippen LogP contribution in [0.1, 0.15) is 70.0 Å². The minimum Gasteiger partial charge on any atom is -0.367 e. The summed E-state index contributed by atoms with van der Waals surface area (Å²) in [6.45, 7) is 5.17. The summed E-state index contributed by atoms with van der Waals surface area (Å²) in [5.41, 5.74) is 0.709. The molecule has 2 aliphatic rings. The third-order valence-corrected chi connectivity index (χ3v) is 5.51. The van der Waals surface area contributed by atoms with Crippen LogP contribution in [0.4, 0.5) is 19.0 Å². The zero-order valence-electron chi connectivity index (χ0n) is 15.4. The second-order valence-electron chi connectivity index (χ2n) is 7.35. The third kappa shape index (κ3) is 3.83. The van der Waals surface area contributed by atoms with Crippen molar-refractivity contribution in [3.8, 4) is 0 Å². The lowest BCUT2D eigenvalue weighted by Crippen LogP contribution is -2.39. The van der Waals surface area contributed by atoms with Gasteiger partial charge in [-0.05, 0) is 32.1 Å². The second-order valence-corrected chi connectivity index (χ2v) is 7.35. The highest BCUT2D eigenvalue weighted by molar-refractivity contribution is 5.76. The van der Waals surface area contributed by atoms with Crippen molar-refractivity contribution in [2.24, 2.45) is 0 Å². The SMILES string of the molecule is CCCC(=O)N1CCC(c2cc3n(n2)[C@@H](C(F)(F)F)C[C@@H](CC)N3)CC1. The summed E-state index contributed by atoms with van der Waals surface area (Å²) in [5, 5.41) is 7.52. The number of amides is 1. The number of aromatic nitrogens is 2. The maximum Gasteiger partial charge on any atom is 0.410 e. The van der Waals surface area contributed by atoms with Crippen LogP contribution in [-0.2, 0) is 4.79 Å². The first-order chi connectivity index (χ1) is 12.3. The fourth-order valence-electron chi connectivity index (χ4n) is 3.93. The predicted molar refractivity (Wildman–Crippen MR) is 93.1 cm³/mol. The molecule has 0 spiro atoms. The number of nitrogens with zero attached hydrogens (tertiary/aromatic N) is 3. The maximum atomic E-state index is 13.5. The van der Waals surface area contributed by atoms with Gasteiger partial charge >= 0.3 is 6.18 Å². The molecular weight excluding hydrogens is 345 g/mol. The van der Waals surface area contributed by atoms with Gasteiger partial charge in [0.15, 0.2) is 6.04 Å². The van der Waals surface area contributed by atoms with Crippen LogP contribution in [0.5, 0.6) is 0 Å². The van der Waals surface area contributed by atoms with Crippen LogP contribution < -0.4 is 5.32 Å². The number of hydrogen-bond acceptors (Lipinski definition) is 3. The fourth-order valence-corrected chi connectivity index (χ4v) is 3.93. The van der Waals surface area contributed by atoms with Crippen molar-refractivity contribution in [1.29, 1.82) is 0 Å². The van der Waals surface area contributed by atoms with Gasteiger partial charge in [0.2, 0.25) is 5.91 Å². The van der Waals surface area contributed by atoms with Gasteiger partial charge in [-0.3, -0.25) is 4.79 Å². The average molecular weight is 372 g/mol. The van der Waals surface area contributed by atoms with Crippen LogP contribution in [0, 0.1) is 0 Å². The van der Waals surface area contributed by atoms with Crippen molar-refractivity contribution >= 4 is 11.7 Å². The standard InChI is InChI=1S/C18H27F3N4O/c1-3-5-17(26)24-8-6-12(7-9-24)14-11-16-22-13(4-2)10-15(18(19,20)21)25(16)23-14/h11-13,15,22H,3-10H2,1-2H3/t13-,15-/m1/s1. The highest BCUT2D eigenvalue weighted by Gasteiger charge is 2.46. The number of anilines is 1. The number of carbonyl (C=O) groups is 1. The highest BCUT2D eigenvalue weighted by atomic mass is 19.4. The molecule has 26 heavy (non-hydrogen) atoms. The molecule has 5 nitrogen and oxygen atoms in total. The van der Waals surface area contributed by atoms with Gasteiger partial charge in [-0.15, -0.1) is 0 Å². The molecule has 3 heterocycles. The molecule has 1 aromatic heterocycles. The van der Waals surface area contributed by atoms with Gasteiger partial charge in [-0.1, -0.05) is 13.8 Å². The minimum atomic E-state index is -4.30. The van der Waals surface area contributed by atoms with Crippen molar-refractivity contribution in [2.45, 2.75) is 76.6 Å². The van der Waals surface area contributed by atoms with E-state index in [0.717, 1.165) is 23.9 Å². The molecule has 0 radical (unpaired) electrons. The Morgan fingerprint density at radius 1 is 1.31 bits per heavy atom. The van der Waals surface area contributed by atoms with E-state index in [9.17, 15) is 18.0 Å². The normalized spacial score (nSPS) is 24.3. The Bertz CT molecular complexity index is 635. The number of hydrogen-bond donors (Lipinski definition) is 1. The van der Waals surface area contributed by atoms with E-state index in [4.69, 9.17) is 0 Å². The van der Waals surface area contributed by atoms with E-state index >= 15 is 0 Å². The number of piperidine rings is 1. The third-order valence-electron chi connectivity index (χ3n) is 5.51. The van der Waals surface area contributed by atoms with Gasteiger partial charge < -0.3 is 10.2 Å². The van der Waals surface area contributed by atoms with Crippen LogP contribution in [0.3, 0.4) is 0 Å². The Kier molecular flexibility index (Phi) is 5.48. The zero-order chi connectivity index (χ0) is 18.9. The number of fused-ring (bicyclic) bond motifs is 1. The first-order valence-electron chi connectivity index (χ1n) is 9.53. The average Bonchev–Trinajstić information content (AvgIpc) is 3.04. The molecule has 146 valence electrons. The molecule has 0 unspecified atom stereocenters. The lowest BCUT2D eigenvalue weighted by Gasteiger charge is -2.32. The molecule has 2 atom stereocenters. The summed E-state index contributed by atoms with van der Waals surface area (Å²) < 4.78 is 41.5. The number of nitrogens with one attached hydrogen (secondary N) is 1. The highest BCUT2D eigenvalue weighted by Crippen LogP contribution is 2.41. The molecule has 1 aromatic rings. The van der Waals surface area contributed by atoms with Crippen LogP contribution in [-0.4, -0.2) is 45.9 Å². The Morgan fingerprint density at radius 2 is 2.00 bits per heavy atom. The van der Waals surface area contributed by atoms with Crippen LogP contribution in [0.15, 0.2) is 6.07 Å². The Morgan fingerprint density at radius 3 is 2.58 bits per heavy atom. The Balaban J connectivity index is 1.74. The first-order valence-corrected chi connectivity index (χ1v) is 9.53. The van der Waals surface area contributed by atoms with Crippen molar-refractivity contribution in [3.63, 3.8) is 0 Å². The Hall–Kier alpha value is -1.73. The molecular formula is C18H27F3N4O. The molecule has 8 heteroatoms. The van der Waals surface area contributed by atoms with E-state index in [1.54, 1.807) is 6.07 Å². The number of carbonyl (C=O) groups excluding carboxylic acids is 1. The van der Waals surface area contributed by atoms with Crippen molar-refractivity contribution in [2.75, 3.05) is 18.4 Å². The van der Waals surface area contributed by atoms with Crippen molar-refractivity contribution in [3.05, 3.63) is 11.8 Å². The van der Waals surface area contributed by atoms with Crippen LogP contribution in [0.25, 0.3) is 0 Å². The van der Waals surface area contributed by atoms with Crippen LogP contribution in [0.2, 0.25) is 0 Å². The first kappa shape index (κ1) is 19.0. The van der Waals surface area contributed by atoms with E-state index in [1.165, 1.54) is 0 Å². The molecule has 0 aromatic carbocycles. The topological polar surface area (TPSA) is 50.2 Å². The smallest absolute Gasteiger partial charge is 0.367 e. The summed E-state index contributed by atoms with van der Waals surface area (Å²) >= 11 is 0. The molecule has 1 amide bonds. The minimum absolute atomic E-state index is 0.0120. The lowest BCUT2D eigenvalue weighted by atomic mass is 9.93. The quantitative estimate of drug-likeness (QED) is 0.866. The monoisotopic (exact) mass is 372 g/mol. The largest absolute Gasteiger partial charge is 0.410 e. The van der Waals surface area contributed by atoms with E-state index in [-0.39, 0.29) is 24.3 Å². The zero-order valence-corrected chi connectivity index (χ0v) is 15.4. The van der Waals surface area contributed by atoms with Gasteiger partial charge in [0.1, 0.15) is 5.82 Å². The molecule has 3 rings (SSSR count). The summed E-state index contributed by atoms with van der Waals surface area (Å²) in [6, 6.07) is 0.0187. The van der Waals surface area contributed by atoms with Gasteiger partial charge in [0, 0.05) is 37.5 Å². The van der Waals surface area contributed by atoms with E-state index in [0.29, 0.717) is 37.4 Å². The van der Waals surface area contributed by atoms with E-state index < -0.39 is 12.2 Å². The van der Waals surface area contributed by atoms with Gasteiger partial charge in [-0.25, -0.2) is 4.68 Å². The molecule has 2 aliphatic heterocycles. The number of halogens is 3. The molecule has 0 saturated carbocycles. The Labute approximate surface area is 151 Å². The number of alkyl halides is 3. The summed E-state index contributed by atoms with van der Waals surface area (Å²) in [7, 11) is 0. The van der Waals surface area contributed by atoms with Crippen molar-refractivity contribution in [1.82, 2.24) is 14.7 Å². The molecule has 1 fully saturated rings.